The van der Waals surface area contributed by atoms with Crippen LogP contribution in [-0.2, 0) is 0 Å². The Balaban J connectivity index is 2.20. The molecule has 6 nitrogen and oxygen atoms in total. The molecule has 148 valence electrons. The van der Waals surface area contributed by atoms with E-state index in [4.69, 9.17) is 23.2 Å². The number of carbonyl (C=O) groups is 2. The van der Waals surface area contributed by atoms with Crippen LogP contribution in [0.1, 0.15) is 22.0 Å². The number of Topliss-reactive ketones (excluding diaryl/α,β-unsaturated/α-hetero) is 1. The van der Waals surface area contributed by atoms with E-state index in [-0.39, 0.29) is 21.2 Å². The standard InChI is InChI=1S/C17H12Cl2F3N3O3/c18-9-3-4-10(11(19)6-9)13-12(14(26)8-2-1-5-23-7-8)16(28,17(20,21)22)25-15(27)24-13/h1-7,12-13,28H,(H2,24,25,27)/t12-,13+,16-/m0/s1. The summed E-state index contributed by atoms with van der Waals surface area (Å²) >= 11 is 11.9. The van der Waals surface area contributed by atoms with E-state index in [1.54, 1.807) is 0 Å². The molecule has 2 amide bonds. The Hall–Kier alpha value is -2.36. The molecule has 0 spiro atoms. The molecule has 1 aromatic carbocycles. The van der Waals surface area contributed by atoms with Crippen LogP contribution >= 0.6 is 23.2 Å². The number of alkyl halides is 3. The highest BCUT2D eigenvalue weighted by molar-refractivity contribution is 6.35. The Bertz CT molecular complexity index is 927. The van der Waals surface area contributed by atoms with Crippen molar-refractivity contribution in [3.05, 3.63) is 63.9 Å². The normalized spacial score (nSPS) is 25.0. The molecule has 3 atom stereocenters. The summed E-state index contributed by atoms with van der Waals surface area (Å²) in [5, 5.41) is 14.2. The van der Waals surface area contributed by atoms with Gasteiger partial charge in [0.25, 0.3) is 0 Å². The molecule has 0 saturated carbocycles. The summed E-state index contributed by atoms with van der Waals surface area (Å²) in [6, 6.07) is 3.59. The summed E-state index contributed by atoms with van der Waals surface area (Å²) in [4.78, 5) is 28.6. The average molecular weight is 434 g/mol. The number of hydrogen-bond acceptors (Lipinski definition) is 4. The maximum atomic E-state index is 13.8. The van der Waals surface area contributed by atoms with E-state index >= 15 is 0 Å². The molecule has 1 aliphatic heterocycles. The number of aliphatic hydroxyl groups is 1. The van der Waals surface area contributed by atoms with Crippen molar-refractivity contribution in [1.82, 2.24) is 15.6 Å². The number of urea groups is 1. The second-order valence-electron chi connectivity index (χ2n) is 6.09. The van der Waals surface area contributed by atoms with Crippen LogP contribution in [0.5, 0.6) is 0 Å². The van der Waals surface area contributed by atoms with Crippen molar-refractivity contribution in [2.75, 3.05) is 0 Å². The molecule has 0 aliphatic carbocycles. The van der Waals surface area contributed by atoms with Crippen LogP contribution in [0.2, 0.25) is 10.0 Å². The Morgan fingerprint density at radius 2 is 1.96 bits per heavy atom. The number of carbonyl (C=O) groups excluding carboxylic acids is 2. The monoisotopic (exact) mass is 433 g/mol. The van der Waals surface area contributed by atoms with Crippen molar-refractivity contribution in [3.63, 3.8) is 0 Å². The molecule has 0 unspecified atom stereocenters. The van der Waals surface area contributed by atoms with E-state index < -0.39 is 35.7 Å². The molecule has 1 fully saturated rings. The predicted molar refractivity (Wildman–Crippen MR) is 93.9 cm³/mol. The molecule has 3 rings (SSSR count). The third-order valence-corrected chi connectivity index (χ3v) is 4.89. The minimum absolute atomic E-state index is 0.00849. The van der Waals surface area contributed by atoms with Crippen molar-refractivity contribution in [2.24, 2.45) is 5.92 Å². The summed E-state index contributed by atoms with van der Waals surface area (Å²) in [7, 11) is 0. The number of rotatable bonds is 3. The van der Waals surface area contributed by atoms with Crippen molar-refractivity contribution < 1.29 is 27.9 Å². The molecular formula is C17H12Cl2F3N3O3. The molecule has 28 heavy (non-hydrogen) atoms. The second kappa shape index (κ2) is 7.23. The van der Waals surface area contributed by atoms with Crippen molar-refractivity contribution in [1.29, 1.82) is 0 Å². The zero-order valence-corrected chi connectivity index (χ0v) is 15.3. The number of ketones is 1. The maximum Gasteiger partial charge on any atom is 0.437 e. The summed E-state index contributed by atoms with van der Waals surface area (Å²) in [6.07, 6.45) is -2.96. The largest absolute Gasteiger partial charge is 0.437 e. The molecule has 0 bridgehead atoms. The van der Waals surface area contributed by atoms with Gasteiger partial charge in [-0.1, -0.05) is 29.3 Å². The Morgan fingerprint density at radius 3 is 2.54 bits per heavy atom. The second-order valence-corrected chi connectivity index (χ2v) is 6.93. The number of nitrogens with one attached hydrogen (secondary N) is 2. The number of hydrogen-bond donors (Lipinski definition) is 3. The van der Waals surface area contributed by atoms with Crippen LogP contribution < -0.4 is 10.6 Å². The summed E-state index contributed by atoms with van der Waals surface area (Å²) < 4.78 is 41.3. The number of pyridine rings is 1. The van der Waals surface area contributed by atoms with E-state index in [1.807, 2.05) is 0 Å². The smallest absolute Gasteiger partial charge is 0.363 e. The average Bonchev–Trinajstić information content (AvgIpc) is 2.60. The molecule has 2 heterocycles. The van der Waals surface area contributed by atoms with Gasteiger partial charge in [-0.05, 0) is 29.8 Å². The van der Waals surface area contributed by atoms with Gasteiger partial charge >= 0.3 is 12.2 Å². The molecule has 1 saturated heterocycles. The third-order valence-electron chi connectivity index (χ3n) is 4.33. The van der Waals surface area contributed by atoms with E-state index in [1.165, 1.54) is 41.8 Å². The summed E-state index contributed by atoms with van der Waals surface area (Å²) in [5.74, 6) is -3.27. The number of halogens is 5. The van der Waals surface area contributed by atoms with Crippen LogP contribution in [0.15, 0.2) is 42.7 Å². The molecule has 11 heteroatoms. The highest BCUT2D eigenvalue weighted by Crippen LogP contribution is 2.45. The highest BCUT2D eigenvalue weighted by atomic mass is 35.5. The van der Waals surface area contributed by atoms with Gasteiger partial charge in [0.2, 0.25) is 5.72 Å². The molecule has 1 aromatic heterocycles. The van der Waals surface area contributed by atoms with Gasteiger partial charge in [0, 0.05) is 28.0 Å². The van der Waals surface area contributed by atoms with Gasteiger partial charge in [0.1, 0.15) is 5.92 Å². The summed E-state index contributed by atoms with van der Waals surface area (Å²) in [5.41, 5.74) is -4.02. The number of amides is 2. The van der Waals surface area contributed by atoms with Crippen LogP contribution in [0, 0.1) is 5.92 Å². The van der Waals surface area contributed by atoms with Crippen LogP contribution in [0.3, 0.4) is 0 Å². The lowest BCUT2D eigenvalue weighted by Gasteiger charge is -2.45. The Labute approximate surface area is 166 Å². The zero-order valence-electron chi connectivity index (χ0n) is 13.8. The number of aromatic nitrogens is 1. The zero-order chi connectivity index (χ0) is 20.7. The topological polar surface area (TPSA) is 91.3 Å². The maximum absolute atomic E-state index is 13.8. The van der Waals surface area contributed by atoms with Gasteiger partial charge in [-0.15, -0.1) is 0 Å². The van der Waals surface area contributed by atoms with E-state index in [9.17, 15) is 27.9 Å². The first-order chi connectivity index (χ1) is 13.0. The molecule has 3 N–H and O–H groups in total. The molecule has 1 aliphatic rings. The van der Waals surface area contributed by atoms with Crippen LogP contribution in [0.4, 0.5) is 18.0 Å². The van der Waals surface area contributed by atoms with Crippen molar-refractivity contribution in [3.8, 4) is 0 Å². The highest BCUT2D eigenvalue weighted by Gasteiger charge is 2.66. The van der Waals surface area contributed by atoms with Crippen molar-refractivity contribution >= 4 is 35.0 Å². The van der Waals surface area contributed by atoms with Crippen LogP contribution in [-0.4, -0.2) is 33.8 Å². The molecule has 2 aromatic rings. The van der Waals surface area contributed by atoms with E-state index in [0.717, 1.165) is 6.20 Å². The van der Waals surface area contributed by atoms with Gasteiger partial charge in [-0.2, -0.15) is 13.2 Å². The molecule has 0 radical (unpaired) electrons. The lowest BCUT2D eigenvalue weighted by atomic mass is 9.77. The van der Waals surface area contributed by atoms with Gasteiger partial charge < -0.3 is 15.7 Å². The fourth-order valence-corrected chi connectivity index (χ4v) is 3.57. The lowest BCUT2D eigenvalue weighted by molar-refractivity contribution is -0.287. The first kappa shape index (κ1) is 20.4. The number of nitrogens with zero attached hydrogens (tertiary/aromatic N) is 1. The van der Waals surface area contributed by atoms with Crippen LogP contribution in [0.25, 0.3) is 0 Å². The Morgan fingerprint density at radius 1 is 1.25 bits per heavy atom. The SMILES string of the molecule is O=C1N[C@H](c2ccc(Cl)cc2Cl)[C@@H](C(=O)c2cccnc2)[C@](O)(C(F)(F)F)N1. The minimum atomic E-state index is -5.36. The number of benzene rings is 1. The first-order valence-electron chi connectivity index (χ1n) is 7.81. The van der Waals surface area contributed by atoms with Gasteiger partial charge in [0.15, 0.2) is 5.78 Å². The summed E-state index contributed by atoms with van der Waals surface area (Å²) in [6.45, 7) is 0. The van der Waals surface area contributed by atoms with Gasteiger partial charge in [-0.25, -0.2) is 4.79 Å². The van der Waals surface area contributed by atoms with Crippen molar-refractivity contribution in [2.45, 2.75) is 17.9 Å². The fourth-order valence-electron chi connectivity index (χ4n) is 3.04. The molecular weight excluding hydrogens is 422 g/mol. The van der Waals surface area contributed by atoms with E-state index in [0.29, 0.717) is 0 Å². The minimum Gasteiger partial charge on any atom is -0.363 e. The lowest BCUT2D eigenvalue weighted by Crippen LogP contribution is -2.72. The van der Waals surface area contributed by atoms with Gasteiger partial charge in [0.05, 0.1) is 6.04 Å². The predicted octanol–water partition coefficient (Wildman–Crippen LogP) is 3.49. The quantitative estimate of drug-likeness (QED) is 0.646. The van der Waals surface area contributed by atoms with E-state index in [2.05, 4.69) is 10.3 Å². The fraction of sp³-hybridized carbons (Fsp3) is 0.235. The Kier molecular flexibility index (Phi) is 5.26. The third kappa shape index (κ3) is 3.52. The van der Waals surface area contributed by atoms with Gasteiger partial charge in [-0.3, -0.25) is 9.78 Å². The first-order valence-corrected chi connectivity index (χ1v) is 8.57.